The maximum atomic E-state index is 11.8. The Labute approximate surface area is 107 Å². The van der Waals surface area contributed by atoms with E-state index in [1.54, 1.807) is 25.1 Å². The minimum Gasteiger partial charge on any atom is -0.274 e. The molecule has 0 N–H and O–H groups in total. The molecular formula is C11H9BrClNO2. The Morgan fingerprint density at radius 2 is 2.12 bits per heavy atom. The normalized spacial score (nSPS) is 20.7. The predicted octanol–water partition coefficient (Wildman–Crippen LogP) is 3.00. The largest absolute Gasteiger partial charge is 0.274 e. The summed E-state index contributed by atoms with van der Waals surface area (Å²) in [5.74, 6) is -0.575. The number of hydrogen-bond acceptors (Lipinski definition) is 2. The number of imide groups is 1. The van der Waals surface area contributed by atoms with Gasteiger partial charge in [0.1, 0.15) is 0 Å². The van der Waals surface area contributed by atoms with E-state index in [-0.39, 0.29) is 24.2 Å². The van der Waals surface area contributed by atoms with E-state index in [0.29, 0.717) is 10.7 Å². The van der Waals surface area contributed by atoms with E-state index in [0.717, 1.165) is 4.47 Å². The van der Waals surface area contributed by atoms with Crippen molar-refractivity contribution >= 4 is 45.0 Å². The molecule has 2 rings (SSSR count). The number of carbonyl (C=O) groups is 2. The van der Waals surface area contributed by atoms with Crippen molar-refractivity contribution in [3.8, 4) is 0 Å². The van der Waals surface area contributed by atoms with E-state index < -0.39 is 0 Å². The molecule has 1 aromatic rings. The molecule has 5 heteroatoms. The number of halogens is 2. The van der Waals surface area contributed by atoms with Crippen LogP contribution in [0.1, 0.15) is 13.3 Å². The molecule has 16 heavy (non-hydrogen) atoms. The molecule has 0 saturated carbocycles. The van der Waals surface area contributed by atoms with Gasteiger partial charge in [-0.3, -0.25) is 14.5 Å². The molecule has 1 saturated heterocycles. The summed E-state index contributed by atoms with van der Waals surface area (Å²) in [7, 11) is 0. The van der Waals surface area contributed by atoms with Crippen molar-refractivity contribution in [3.05, 3.63) is 27.7 Å². The quantitative estimate of drug-likeness (QED) is 0.748. The van der Waals surface area contributed by atoms with Crippen LogP contribution < -0.4 is 4.90 Å². The molecule has 0 aromatic heterocycles. The Morgan fingerprint density at radius 3 is 2.62 bits per heavy atom. The highest BCUT2D eigenvalue weighted by Gasteiger charge is 2.36. The number of benzene rings is 1. The second-order valence-corrected chi connectivity index (χ2v) is 5.03. The Kier molecular flexibility index (Phi) is 3.04. The lowest BCUT2D eigenvalue weighted by atomic mass is 10.1. The lowest BCUT2D eigenvalue weighted by molar-refractivity contribution is -0.122. The number of amides is 2. The molecule has 1 aliphatic rings. The monoisotopic (exact) mass is 301 g/mol. The molecule has 1 unspecified atom stereocenters. The molecule has 1 aromatic carbocycles. The molecule has 3 nitrogen and oxygen atoms in total. The maximum Gasteiger partial charge on any atom is 0.237 e. The minimum absolute atomic E-state index is 0.164. The van der Waals surface area contributed by atoms with Gasteiger partial charge in [0.05, 0.1) is 10.7 Å². The van der Waals surface area contributed by atoms with Crippen LogP contribution in [0.4, 0.5) is 5.69 Å². The molecule has 0 radical (unpaired) electrons. The van der Waals surface area contributed by atoms with Crippen LogP contribution >= 0.6 is 27.5 Å². The van der Waals surface area contributed by atoms with Crippen molar-refractivity contribution < 1.29 is 9.59 Å². The summed E-state index contributed by atoms with van der Waals surface area (Å²) < 4.78 is 0.741. The zero-order valence-corrected chi connectivity index (χ0v) is 10.9. The van der Waals surface area contributed by atoms with Gasteiger partial charge >= 0.3 is 0 Å². The van der Waals surface area contributed by atoms with Crippen LogP contribution in [0.5, 0.6) is 0 Å². The van der Waals surface area contributed by atoms with Crippen molar-refractivity contribution in [3.63, 3.8) is 0 Å². The van der Waals surface area contributed by atoms with Crippen LogP contribution in [0.15, 0.2) is 22.7 Å². The molecule has 1 heterocycles. The topological polar surface area (TPSA) is 37.4 Å². The first-order valence-electron chi connectivity index (χ1n) is 4.82. The van der Waals surface area contributed by atoms with Crippen molar-refractivity contribution in [2.75, 3.05) is 4.90 Å². The maximum absolute atomic E-state index is 11.8. The standard InChI is InChI=1S/C11H9BrClNO2/c1-6-4-10(15)14(11(6)16)7-2-3-8(12)9(13)5-7/h2-3,5-6H,4H2,1H3. The SMILES string of the molecule is CC1CC(=O)N(c2ccc(Br)c(Cl)c2)C1=O. The predicted molar refractivity (Wildman–Crippen MR) is 65.4 cm³/mol. The van der Waals surface area contributed by atoms with Crippen molar-refractivity contribution in [1.82, 2.24) is 0 Å². The van der Waals surface area contributed by atoms with Gasteiger partial charge in [-0.1, -0.05) is 18.5 Å². The first kappa shape index (κ1) is 11.6. The summed E-state index contributed by atoms with van der Waals surface area (Å²) in [5.41, 5.74) is 0.535. The number of nitrogens with zero attached hydrogens (tertiary/aromatic N) is 1. The number of hydrogen-bond donors (Lipinski definition) is 0. The molecular weight excluding hydrogens is 293 g/mol. The average molecular weight is 303 g/mol. The van der Waals surface area contributed by atoms with Gasteiger partial charge in [0.15, 0.2) is 0 Å². The highest BCUT2D eigenvalue weighted by atomic mass is 79.9. The van der Waals surface area contributed by atoms with Gasteiger partial charge in [0.2, 0.25) is 11.8 Å². The van der Waals surface area contributed by atoms with E-state index in [1.165, 1.54) is 4.90 Å². The van der Waals surface area contributed by atoms with Gasteiger partial charge < -0.3 is 0 Å². The van der Waals surface area contributed by atoms with E-state index in [4.69, 9.17) is 11.6 Å². The van der Waals surface area contributed by atoms with Gasteiger partial charge in [0.25, 0.3) is 0 Å². The smallest absolute Gasteiger partial charge is 0.237 e. The highest BCUT2D eigenvalue weighted by Crippen LogP contribution is 2.31. The minimum atomic E-state index is -0.241. The van der Waals surface area contributed by atoms with Crippen LogP contribution in [0.2, 0.25) is 5.02 Å². The Morgan fingerprint density at radius 1 is 1.44 bits per heavy atom. The summed E-state index contributed by atoms with van der Waals surface area (Å²) in [6, 6.07) is 5.03. The van der Waals surface area contributed by atoms with Gasteiger partial charge in [-0.25, -0.2) is 0 Å². The third kappa shape index (κ3) is 1.87. The van der Waals surface area contributed by atoms with Crippen molar-refractivity contribution in [1.29, 1.82) is 0 Å². The van der Waals surface area contributed by atoms with E-state index >= 15 is 0 Å². The molecule has 1 fully saturated rings. The summed E-state index contributed by atoms with van der Waals surface area (Å²) in [4.78, 5) is 24.6. The molecule has 0 spiro atoms. The molecule has 0 bridgehead atoms. The summed E-state index contributed by atoms with van der Waals surface area (Å²) in [6.07, 6.45) is 0.270. The van der Waals surface area contributed by atoms with E-state index in [9.17, 15) is 9.59 Å². The number of anilines is 1. The summed E-state index contributed by atoms with van der Waals surface area (Å²) in [6.45, 7) is 1.75. The Balaban J connectivity index is 2.41. The van der Waals surface area contributed by atoms with Gasteiger partial charge in [-0.15, -0.1) is 0 Å². The average Bonchev–Trinajstić information content (AvgIpc) is 2.47. The number of carbonyl (C=O) groups excluding carboxylic acids is 2. The van der Waals surface area contributed by atoms with Crippen LogP contribution in [0.3, 0.4) is 0 Å². The van der Waals surface area contributed by atoms with Crippen LogP contribution in [-0.4, -0.2) is 11.8 Å². The van der Waals surface area contributed by atoms with E-state index in [1.807, 2.05) is 0 Å². The lowest BCUT2D eigenvalue weighted by Gasteiger charge is -2.14. The lowest BCUT2D eigenvalue weighted by Crippen LogP contribution is -2.29. The fourth-order valence-electron chi connectivity index (χ4n) is 1.68. The van der Waals surface area contributed by atoms with Gasteiger partial charge in [-0.2, -0.15) is 0 Å². The first-order valence-corrected chi connectivity index (χ1v) is 5.99. The Hall–Kier alpha value is -0.870. The summed E-state index contributed by atoms with van der Waals surface area (Å²) in [5, 5.41) is 0.484. The fourth-order valence-corrected chi connectivity index (χ4v) is 2.10. The van der Waals surface area contributed by atoms with Crippen molar-refractivity contribution in [2.45, 2.75) is 13.3 Å². The highest BCUT2D eigenvalue weighted by molar-refractivity contribution is 9.10. The van der Waals surface area contributed by atoms with Gasteiger partial charge in [0, 0.05) is 16.8 Å². The zero-order chi connectivity index (χ0) is 11.9. The molecule has 1 aliphatic heterocycles. The molecule has 2 amide bonds. The van der Waals surface area contributed by atoms with Crippen LogP contribution in [0, 0.1) is 5.92 Å². The van der Waals surface area contributed by atoms with Crippen molar-refractivity contribution in [2.24, 2.45) is 5.92 Å². The fraction of sp³-hybridized carbons (Fsp3) is 0.273. The van der Waals surface area contributed by atoms with Crippen LogP contribution in [-0.2, 0) is 9.59 Å². The second kappa shape index (κ2) is 4.18. The Bertz CT molecular complexity index is 475. The van der Waals surface area contributed by atoms with Crippen LogP contribution in [0.25, 0.3) is 0 Å². The molecule has 0 aliphatic carbocycles. The second-order valence-electron chi connectivity index (χ2n) is 3.77. The molecule has 84 valence electrons. The zero-order valence-electron chi connectivity index (χ0n) is 8.54. The van der Waals surface area contributed by atoms with E-state index in [2.05, 4.69) is 15.9 Å². The first-order chi connectivity index (χ1) is 7.50. The molecule has 1 atom stereocenters. The van der Waals surface area contributed by atoms with Gasteiger partial charge in [-0.05, 0) is 34.1 Å². The third-order valence-corrected chi connectivity index (χ3v) is 3.77. The third-order valence-electron chi connectivity index (χ3n) is 2.53. The summed E-state index contributed by atoms with van der Waals surface area (Å²) >= 11 is 9.19. The number of rotatable bonds is 1.